The lowest BCUT2D eigenvalue weighted by Crippen LogP contribution is -2.23. The molecule has 0 aliphatic rings. The van der Waals surface area contributed by atoms with Crippen molar-refractivity contribution in [2.24, 2.45) is 0 Å². The van der Waals surface area contributed by atoms with Gasteiger partial charge in [-0.25, -0.2) is 4.98 Å². The Labute approximate surface area is 130 Å². The Hall–Kier alpha value is -1.59. The van der Waals surface area contributed by atoms with Crippen LogP contribution in [0.25, 0.3) is 10.6 Å². The summed E-state index contributed by atoms with van der Waals surface area (Å²) in [6, 6.07) is 6.28. The van der Waals surface area contributed by atoms with Gasteiger partial charge in [0.1, 0.15) is 16.5 Å². The zero-order valence-corrected chi connectivity index (χ0v) is 13.8. The van der Waals surface area contributed by atoms with E-state index in [0.717, 1.165) is 35.0 Å². The molecule has 0 aliphatic heterocycles. The quantitative estimate of drug-likeness (QED) is 0.847. The van der Waals surface area contributed by atoms with Gasteiger partial charge in [-0.1, -0.05) is 6.92 Å². The highest BCUT2D eigenvalue weighted by Gasteiger charge is 2.12. The molecule has 114 valence electrons. The van der Waals surface area contributed by atoms with Gasteiger partial charge in [-0.05, 0) is 31.5 Å². The van der Waals surface area contributed by atoms with Gasteiger partial charge in [0, 0.05) is 23.7 Å². The zero-order chi connectivity index (χ0) is 15.2. The van der Waals surface area contributed by atoms with Crippen molar-refractivity contribution in [1.82, 2.24) is 10.3 Å². The molecule has 0 saturated carbocycles. The third-order valence-corrected chi connectivity index (χ3v) is 4.46. The first-order chi connectivity index (χ1) is 10.2. The predicted octanol–water partition coefficient (Wildman–Crippen LogP) is 3.72. The van der Waals surface area contributed by atoms with Crippen molar-refractivity contribution in [1.29, 1.82) is 0 Å². The topological polar surface area (TPSA) is 43.4 Å². The number of nitrogens with one attached hydrogen (secondary N) is 1. The number of ether oxygens (including phenoxy) is 2. The van der Waals surface area contributed by atoms with E-state index in [4.69, 9.17) is 9.47 Å². The Morgan fingerprint density at radius 2 is 2.10 bits per heavy atom. The molecule has 0 saturated heterocycles. The number of methoxy groups -OCH3 is 2. The van der Waals surface area contributed by atoms with Crippen molar-refractivity contribution in [2.45, 2.75) is 32.9 Å². The van der Waals surface area contributed by atoms with Gasteiger partial charge in [-0.2, -0.15) is 0 Å². The summed E-state index contributed by atoms with van der Waals surface area (Å²) in [4.78, 5) is 5.73. The van der Waals surface area contributed by atoms with Crippen LogP contribution in [-0.4, -0.2) is 25.2 Å². The third-order valence-electron chi connectivity index (χ3n) is 3.43. The summed E-state index contributed by atoms with van der Waals surface area (Å²) >= 11 is 1.68. The Morgan fingerprint density at radius 3 is 2.76 bits per heavy atom. The lowest BCUT2D eigenvalue weighted by atomic mass is 10.2. The fourth-order valence-corrected chi connectivity index (χ4v) is 2.80. The Kier molecular flexibility index (Phi) is 5.59. The Balaban J connectivity index is 2.20. The van der Waals surface area contributed by atoms with Crippen LogP contribution >= 0.6 is 11.3 Å². The number of thiazole rings is 1. The second-order valence-corrected chi connectivity index (χ2v) is 6.00. The SMILES string of the molecule is CCC(C)NCc1cnc(-c2cc(OC)ccc2OC)s1. The van der Waals surface area contributed by atoms with Gasteiger partial charge in [-0.15, -0.1) is 11.3 Å². The maximum Gasteiger partial charge on any atom is 0.129 e. The molecule has 1 aromatic heterocycles. The molecule has 2 rings (SSSR count). The van der Waals surface area contributed by atoms with Crippen LogP contribution < -0.4 is 14.8 Å². The monoisotopic (exact) mass is 306 g/mol. The van der Waals surface area contributed by atoms with Crippen LogP contribution in [0.15, 0.2) is 24.4 Å². The molecule has 1 atom stereocenters. The van der Waals surface area contributed by atoms with E-state index >= 15 is 0 Å². The van der Waals surface area contributed by atoms with E-state index in [2.05, 4.69) is 24.1 Å². The molecule has 21 heavy (non-hydrogen) atoms. The van der Waals surface area contributed by atoms with Crippen LogP contribution in [0.5, 0.6) is 11.5 Å². The number of benzene rings is 1. The van der Waals surface area contributed by atoms with E-state index in [9.17, 15) is 0 Å². The largest absolute Gasteiger partial charge is 0.497 e. The highest BCUT2D eigenvalue weighted by molar-refractivity contribution is 7.15. The molecule has 0 radical (unpaired) electrons. The van der Waals surface area contributed by atoms with Gasteiger partial charge in [0.05, 0.1) is 19.8 Å². The highest BCUT2D eigenvalue weighted by atomic mass is 32.1. The van der Waals surface area contributed by atoms with Gasteiger partial charge < -0.3 is 14.8 Å². The Morgan fingerprint density at radius 1 is 1.29 bits per heavy atom. The highest BCUT2D eigenvalue weighted by Crippen LogP contribution is 2.35. The number of hydrogen-bond acceptors (Lipinski definition) is 5. The van der Waals surface area contributed by atoms with Crippen LogP contribution in [0, 0.1) is 0 Å². The summed E-state index contributed by atoms with van der Waals surface area (Å²) in [5, 5.41) is 4.43. The molecule has 0 aliphatic carbocycles. The number of rotatable bonds is 7. The normalized spacial score (nSPS) is 12.2. The molecule has 0 bridgehead atoms. The number of nitrogens with zero attached hydrogens (tertiary/aromatic N) is 1. The van der Waals surface area contributed by atoms with E-state index < -0.39 is 0 Å². The third kappa shape index (κ3) is 3.95. The first-order valence-electron chi connectivity index (χ1n) is 7.08. The molecule has 1 unspecified atom stereocenters. The van der Waals surface area contributed by atoms with Crippen LogP contribution in [0.1, 0.15) is 25.1 Å². The average molecular weight is 306 g/mol. The first-order valence-corrected chi connectivity index (χ1v) is 7.90. The molecule has 0 amide bonds. The Bertz CT molecular complexity index is 583. The summed E-state index contributed by atoms with van der Waals surface area (Å²) in [6.45, 7) is 5.21. The lowest BCUT2D eigenvalue weighted by molar-refractivity contribution is 0.404. The minimum Gasteiger partial charge on any atom is -0.497 e. The molecule has 1 aromatic carbocycles. The fraction of sp³-hybridized carbons (Fsp3) is 0.438. The van der Waals surface area contributed by atoms with Crippen LogP contribution in [0.4, 0.5) is 0 Å². The second-order valence-electron chi connectivity index (χ2n) is 4.89. The fourth-order valence-electron chi connectivity index (χ4n) is 1.91. The summed E-state index contributed by atoms with van der Waals surface area (Å²) < 4.78 is 10.7. The number of aromatic nitrogens is 1. The minimum absolute atomic E-state index is 0.516. The first kappa shape index (κ1) is 15.8. The van der Waals surface area contributed by atoms with Crippen LogP contribution in [0.3, 0.4) is 0 Å². The smallest absolute Gasteiger partial charge is 0.129 e. The van der Waals surface area contributed by atoms with Gasteiger partial charge in [0.15, 0.2) is 0 Å². The van der Waals surface area contributed by atoms with Crippen molar-refractivity contribution >= 4 is 11.3 Å². The van der Waals surface area contributed by atoms with Crippen LogP contribution in [0.2, 0.25) is 0 Å². The van der Waals surface area contributed by atoms with Gasteiger partial charge >= 0.3 is 0 Å². The van der Waals surface area contributed by atoms with Crippen molar-refractivity contribution in [3.63, 3.8) is 0 Å². The lowest BCUT2D eigenvalue weighted by Gasteiger charge is -2.09. The van der Waals surface area contributed by atoms with Gasteiger partial charge in [0.25, 0.3) is 0 Å². The molecule has 5 heteroatoms. The van der Waals surface area contributed by atoms with Crippen molar-refractivity contribution < 1.29 is 9.47 Å². The van der Waals surface area contributed by atoms with E-state index in [1.807, 2.05) is 24.4 Å². The summed E-state index contributed by atoms with van der Waals surface area (Å²) in [7, 11) is 3.33. The molecular formula is C16H22N2O2S. The van der Waals surface area contributed by atoms with Crippen molar-refractivity contribution in [2.75, 3.05) is 14.2 Å². The van der Waals surface area contributed by atoms with Gasteiger partial charge in [0.2, 0.25) is 0 Å². The number of hydrogen-bond donors (Lipinski definition) is 1. The summed E-state index contributed by atoms with van der Waals surface area (Å²) in [6.07, 6.45) is 3.05. The van der Waals surface area contributed by atoms with E-state index in [1.165, 1.54) is 4.88 Å². The van der Waals surface area contributed by atoms with E-state index in [0.29, 0.717) is 6.04 Å². The molecule has 2 aromatic rings. The molecule has 1 heterocycles. The van der Waals surface area contributed by atoms with Crippen molar-refractivity contribution in [3.8, 4) is 22.1 Å². The molecule has 0 fully saturated rings. The molecule has 4 nitrogen and oxygen atoms in total. The summed E-state index contributed by atoms with van der Waals surface area (Å²) in [5.41, 5.74) is 0.969. The predicted molar refractivity (Wildman–Crippen MR) is 87.2 cm³/mol. The minimum atomic E-state index is 0.516. The molecule has 1 N–H and O–H groups in total. The van der Waals surface area contributed by atoms with Crippen molar-refractivity contribution in [3.05, 3.63) is 29.3 Å². The zero-order valence-electron chi connectivity index (χ0n) is 13.0. The van der Waals surface area contributed by atoms with Crippen LogP contribution in [-0.2, 0) is 6.54 Å². The standard InChI is InChI=1S/C16H22N2O2S/c1-5-11(2)17-9-13-10-18-16(21-13)14-8-12(19-3)6-7-15(14)20-4/h6-8,10-11,17H,5,9H2,1-4H3. The second kappa shape index (κ2) is 7.43. The summed E-state index contributed by atoms with van der Waals surface area (Å²) in [5.74, 6) is 1.62. The van der Waals surface area contributed by atoms with Gasteiger partial charge in [-0.3, -0.25) is 0 Å². The van der Waals surface area contributed by atoms with E-state index in [1.54, 1.807) is 25.6 Å². The molecular weight excluding hydrogens is 284 g/mol. The van der Waals surface area contributed by atoms with E-state index in [-0.39, 0.29) is 0 Å². The maximum absolute atomic E-state index is 5.42. The molecule has 0 spiro atoms. The maximum atomic E-state index is 5.42. The average Bonchev–Trinajstić information content (AvgIpc) is 3.00.